The minimum absolute atomic E-state index is 0.0305. The Labute approximate surface area is 99.2 Å². The first-order chi connectivity index (χ1) is 8.02. The van der Waals surface area contributed by atoms with Crippen LogP contribution in [0.5, 0.6) is 0 Å². The summed E-state index contributed by atoms with van der Waals surface area (Å²) in [4.78, 5) is 34.7. The third-order valence-electron chi connectivity index (χ3n) is 2.44. The predicted molar refractivity (Wildman–Crippen MR) is 57.9 cm³/mol. The maximum absolute atomic E-state index is 11.2. The van der Waals surface area contributed by atoms with Crippen molar-refractivity contribution >= 4 is 17.8 Å². The number of ether oxygens (including phenoxy) is 2. The number of carbonyl (C=O) groups is 3. The summed E-state index contributed by atoms with van der Waals surface area (Å²) in [6, 6.07) is 0. The second kappa shape index (κ2) is 6.03. The van der Waals surface area contributed by atoms with E-state index in [1.807, 2.05) is 0 Å². The van der Waals surface area contributed by atoms with E-state index in [1.165, 1.54) is 7.11 Å². The summed E-state index contributed by atoms with van der Waals surface area (Å²) >= 11 is 0. The van der Waals surface area contributed by atoms with Crippen LogP contribution in [0.15, 0.2) is 12.2 Å². The third kappa shape index (κ3) is 4.26. The largest absolute Gasteiger partial charge is 0.466 e. The molecule has 6 nitrogen and oxygen atoms in total. The van der Waals surface area contributed by atoms with Crippen LogP contribution in [-0.4, -0.2) is 50.1 Å². The first-order valence-electron chi connectivity index (χ1n) is 5.19. The lowest BCUT2D eigenvalue weighted by atomic mass is 10.1. The monoisotopic (exact) mass is 241 g/mol. The van der Waals surface area contributed by atoms with Gasteiger partial charge < -0.3 is 14.4 Å². The van der Waals surface area contributed by atoms with Gasteiger partial charge in [0, 0.05) is 38.1 Å². The zero-order chi connectivity index (χ0) is 12.8. The average molecular weight is 241 g/mol. The summed E-state index contributed by atoms with van der Waals surface area (Å²) in [5.41, 5.74) is 0. The van der Waals surface area contributed by atoms with E-state index < -0.39 is 11.9 Å². The van der Waals surface area contributed by atoms with Gasteiger partial charge >= 0.3 is 11.9 Å². The number of amides is 1. The van der Waals surface area contributed by atoms with Gasteiger partial charge in [-0.25, -0.2) is 9.59 Å². The van der Waals surface area contributed by atoms with Gasteiger partial charge in [0.1, 0.15) is 0 Å². The molecule has 1 heterocycles. The molecule has 1 aliphatic rings. The minimum atomic E-state index is -0.614. The van der Waals surface area contributed by atoms with Gasteiger partial charge in [0.25, 0.3) is 0 Å². The molecule has 0 aromatic heterocycles. The molecule has 0 aromatic rings. The quantitative estimate of drug-likeness (QED) is 0.500. The summed E-state index contributed by atoms with van der Waals surface area (Å²) in [6.07, 6.45) is 2.39. The number of nitrogens with zero attached hydrogens (tertiary/aromatic N) is 1. The van der Waals surface area contributed by atoms with Crippen molar-refractivity contribution in [2.75, 3.05) is 27.3 Å². The Bertz CT molecular complexity index is 350. The molecule has 0 aromatic carbocycles. The SMILES string of the molecule is COC(=O)/C=C/C(=O)OCC1CC(=O)N(C)C1. The maximum atomic E-state index is 11.2. The molecule has 17 heavy (non-hydrogen) atoms. The van der Waals surface area contributed by atoms with E-state index >= 15 is 0 Å². The normalized spacial score (nSPS) is 19.8. The number of likely N-dealkylation sites (tertiary alicyclic amines) is 1. The Balaban J connectivity index is 2.27. The Morgan fingerprint density at radius 2 is 2.06 bits per heavy atom. The highest BCUT2D eigenvalue weighted by Crippen LogP contribution is 2.15. The number of esters is 2. The molecule has 1 fully saturated rings. The van der Waals surface area contributed by atoms with Gasteiger partial charge in [0.15, 0.2) is 0 Å². The first kappa shape index (κ1) is 13.2. The van der Waals surface area contributed by atoms with E-state index in [9.17, 15) is 14.4 Å². The molecule has 1 rings (SSSR count). The summed E-state index contributed by atoms with van der Waals surface area (Å²) in [5.74, 6) is -1.14. The molecular weight excluding hydrogens is 226 g/mol. The zero-order valence-electron chi connectivity index (χ0n) is 9.84. The van der Waals surface area contributed by atoms with Crippen molar-refractivity contribution in [3.63, 3.8) is 0 Å². The summed E-state index contributed by atoms with van der Waals surface area (Å²) in [7, 11) is 2.93. The second-order valence-corrected chi connectivity index (χ2v) is 3.83. The summed E-state index contributed by atoms with van der Waals surface area (Å²) < 4.78 is 9.23. The lowest BCUT2D eigenvalue weighted by Crippen LogP contribution is -2.20. The van der Waals surface area contributed by atoms with E-state index in [-0.39, 0.29) is 18.4 Å². The van der Waals surface area contributed by atoms with Crippen LogP contribution in [0.25, 0.3) is 0 Å². The van der Waals surface area contributed by atoms with Crippen LogP contribution in [0.2, 0.25) is 0 Å². The number of methoxy groups -OCH3 is 1. The molecular formula is C11H15NO5. The van der Waals surface area contributed by atoms with Crippen molar-refractivity contribution in [1.82, 2.24) is 4.90 Å². The molecule has 6 heteroatoms. The number of hydrogen-bond donors (Lipinski definition) is 0. The van der Waals surface area contributed by atoms with Gasteiger partial charge in [-0.05, 0) is 0 Å². The number of rotatable bonds is 4. The van der Waals surface area contributed by atoms with Crippen LogP contribution in [-0.2, 0) is 23.9 Å². The average Bonchev–Trinajstić information content (AvgIpc) is 2.63. The van der Waals surface area contributed by atoms with Gasteiger partial charge in [-0.1, -0.05) is 0 Å². The van der Waals surface area contributed by atoms with E-state index in [1.54, 1.807) is 11.9 Å². The molecule has 1 amide bonds. The molecule has 0 N–H and O–H groups in total. The lowest BCUT2D eigenvalue weighted by molar-refractivity contribution is -0.140. The highest BCUT2D eigenvalue weighted by molar-refractivity contribution is 5.91. The molecule has 1 atom stereocenters. The topological polar surface area (TPSA) is 72.9 Å². The maximum Gasteiger partial charge on any atom is 0.331 e. The minimum Gasteiger partial charge on any atom is -0.466 e. The van der Waals surface area contributed by atoms with Crippen LogP contribution < -0.4 is 0 Å². The molecule has 0 aliphatic carbocycles. The van der Waals surface area contributed by atoms with Gasteiger partial charge in [0.2, 0.25) is 5.91 Å². The fraction of sp³-hybridized carbons (Fsp3) is 0.545. The Morgan fingerprint density at radius 1 is 1.41 bits per heavy atom. The summed E-state index contributed by atoms with van der Waals surface area (Å²) in [5, 5.41) is 0. The smallest absolute Gasteiger partial charge is 0.331 e. The van der Waals surface area contributed by atoms with E-state index in [2.05, 4.69) is 4.74 Å². The fourth-order valence-electron chi connectivity index (χ4n) is 1.52. The first-order valence-corrected chi connectivity index (χ1v) is 5.19. The Kier molecular flexibility index (Phi) is 4.68. The predicted octanol–water partition coefficient (Wildman–Crippen LogP) is -0.263. The van der Waals surface area contributed by atoms with Crippen molar-refractivity contribution in [2.45, 2.75) is 6.42 Å². The van der Waals surface area contributed by atoms with Crippen LogP contribution >= 0.6 is 0 Å². The van der Waals surface area contributed by atoms with Crippen molar-refractivity contribution < 1.29 is 23.9 Å². The highest BCUT2D eigenvalue weighted by atomic mass is 16.5. The molecule has 1 saturated heterocycles. The molecule has 1 aliphatic heterocycles. The number of hydrogen-bond acceptors (Lipinski definition) is 5. The third-order valence-corrected chi connectivity index (χ3v) is 2.44. The van der Waals surface area contributed by atoms with E-state index in [4.69, 9.17) is 4.74 Å². The van der Waals surface area contributed by atoms with Crippen molar-refractivity contribution in [3.05, 3.63) is 12.2 Å². The molecule has 1 unspecified atom stereocenters. The molecule has 0 spiro atoms. The molecule has 94 valence electrons. The molecule has 0 saturated carbocycles. The highest BCUT2D eigenvalue weighted by Gasteiger charge is 2.27. The lowest BCUT2D eigenvalue weighted by Gasteiger charge is -2.09. The Hall–Kier alpha value is -1.85. The van der Waals surface area contributed by atoms with Crippen molar-refractivity contribution in [2.24, 2.45) is 5.92 Å². The second-order valence-electron chi connectivity index (χ2n) is 3.83. The van der Waals surface area contributed by atoms with E-state index in [0.29, 0.717) is 13.0 Å². The van der Waals surface area contributed by atoms with Crippen molar-refractivity contribution in [1.29, 1.82) is 0 Å². The van der Waals surface area contributed by atoms with Gasteiger partial charge in [0.05, 0.1) is 13.7 Å². The standard InChI is InChI=1S/C11H15NO5/c1-12-6-8(5-9(12)13)7-17-11(15)4-3-10(14)16-2/h3-4,8H,5-7H2,1-2H3/b4-3+. The fourth-order valence-corrected chi connectivity index (χ4v) is 1.52. The van der Waals surface area contributed by atoms with Crippen LogP contribution in [0.1, 0.15) is 6.42 Å². The molecule has 0 bridgehead atoms. The summed E-state index contributed by atoms with van der Waals surface area (Å²) in [6.45, 7) is 0.771. The zero-order valence-corrected chi connectivity index (χ0v) is 9.84. The van der Waals surface area contributed by atoms with Crippen molar-refractivity contribution in [3.8, 4) is 0 Å². The van der Waals surface area contributed by atoms with E-state index in [0.717, 1.165) is 12.2 Å². The van der Waals surface area contributed by atoms with Gasteiger partial charge in [-0.15, -0.1) is 0 Å². The van der Waals surface area contributed by atoms with Gasteiger partial charge in [-0.2, -0.15) is 0 Å². The van der Waals surface area contributed by atoms with Crippen LogP contribution in [0.4, 0.5) is 0 Å². The van der Waals surface area contributed by atoms with Gasteiger partial charge in [-0.3, -0.25) is 4.79 Å². The van der Waals surface area contributed by atoms with Crippen LogP contribution in [0.3, 0.4) is 0 Å². The Morgan fingerprint density at radius 3 is 2.59 bits per heavy atom. The van der Waals surface area contributed by atoms with Crippen LogP contribution in [0, 0.1) is 5.92 Å². The molecule has 0 radical (unpaired) electrons. The number of carbonyl (C=O) groups excluding carboxylic acids is 3.